The van der Waals surface area contributed by atoms with E-state index in [1.54, 1.807) is 0 Å². The summed E-state index contributed by atoms with van der Waals surface area (Å²) in [5.74, 6) is 0.286. The van der Waals surface area contributed by atoms with Gasteiger partial charge in [-0.1, -0.05) is 0 Å². The van der Waals surface area contributed by atoms with Gasteiger partial charge >= 0.3 is 0 Å². The highest BCUT2D eigenvalue weighted by molar-refractivity contribution is 5.95. The summed E-state index contributed by atoms with van der Waals surface area (Å²) in [5.41, 5.74) is 8.43. The molecule has 1 aliphatic heterocycles. The SMILES string of the molecule is Cc1ccc(C(=O)NC2C(N)C3CCCOC32)c(C)n1. The number of carbonyl (C=O) groups is 1. The fourth-order valence-corrected chi connectivity index (χ4v) is 3.28. The number of nitrogens with zero attached hydrogens (tertiary/aromatic N) is 1. The van der Waals surface area contributed by atoms with E-state index in [1.165, 1.54) is 0 Å². The molecule has 1 amide bonds. The highest BCUT2D eigenvalue weighted by Gasteiger charge is 2.51. The van der Waals surface area contributed by atoms with Gasteiger partial charge < -0.3 is 15.8 Å². The molecule has 4 unspecified atom stereocenters. The fourth-order valence-electron chi connectivity index (χ4n) is 3.28. The molecule has 0 spiro atoms. The molecule has 1 saturated carbocycles. The standard InChI is InChI=1S/C15H21N3O2/c1-8-5-6-10(9(2)17-8)15(19)18-13-12(16)11-4-3-7-20-14(11)13/h5-6,11-14H,3-4,7,16H2,1-2H3,(H,18,19). The number of nitrogens with one attached hydrogen (secondary N) is 1. The smallest absolute Gasteiger partial charge is 0.253 e. The van der Waals surface area contributed by atoms with E-state index in [2.05, 4.69) is 10.3 Å². The van der Waals surface area contributed by atoms with E-state index in [4.69, 9.17) is 10.5 Å². The monoisotopic (exact) mass is 275 g/mol. The van der Waals surface area contributed by atoms with Crippen molar-refractivity contribution in [3.8, 4) is 0 Å². The topological polar surface area (TPSA) is 77.2 Å². The minimum atomic E-state index is -0.108. The number of carbonyl (C=O) groups excluding carboxylic acids is 1. The predicted octanol–water partition coefficient (Wildman–Crippen LogP) is 0.933. The van der Waals surface area contributed by atoms with Crippen LogP contribution in [0.15, 0.2) is 12.1 Å². The van der Waals surface area contributed by atoms with Gasteiger partial charge in [-0.25, -0.2) is 0 Å². The van der Waals surface area contributed by atoms with Crippen LogP contribution in [-0.4, -0.2) is 35.7 Å². The van der Waals surface area contributed by atoms with Crippen LogP contribution in [0.25, 0.3) is 0 Å². The van der Waals surface area contributed by atoms with E-state index < -0.39 is 0 Å². The molecule has 2 fully saturated rings. The number of hydrogen-bond donors (Lipinski definition) is 2. The minimum Gasteiger partial charge on any atom is -0.376 e. The first kappa shape index (κ1) is 13.5. The number of fused-ring (bicyclic) bond motifs is 1. The molecule has 5 nitrogen and oxygen atoms in total. The molecule has 4 atom stereocenters. The summed E-state index contributed by atoms with van der Waals surface area (Å²) in [5, 5.41) is 3.01. The van der Waals surface area contributed by atoms with Crippen LogP contribution in [0, 0.1) is 19.8 Å². The van der Waals surface area contributed by atoms with Crippen molar-refractivity contribution in [2.24, 2.45) is 11.7 Å². The second kappa shape index (κ2) is 5.14. The average Bonchev–Trinajstić information content (AvgIpc) is 2.44. The Morgan fingerprint density at radius 1 is 1.45 bits per heavy atom. The first-order chi connectivity index (χ1) is 9.58. The van der Waals surface area contributed by atoms with E-state index in [-0.39, 0.29) is 24.1 Å². The summed E-state index contributed by atoms with van der Waals surface area (Å²) in [6.07, 6.45) is 2.25. The number of aromatic nitrogens is 1. The fraction of sp³-hybridized carbons (Fsp3) is 0.600. The molecule has 0 bridgehead atoms. The molecule has 5 heteroatoms. The third kappa shape index (κ3) is 2.21. The molecule has 1 aromatic heterocycles. The zero-order valence-electron chi connectivity index (χ0n) is 11.9. The maximum absolute atomic E-state index is 12.3. The van der Waals surface area contributed by atoms with Gasteiger partial charge in [-0.2, -0.15) is 0 Å². The highest BCUT2D eigenvalue weighted by Crippen LogP contribution is 2.37. The number of aryl methyl sites for hydroxylation is 2. The molecular weight excluding hydrogens is 254 g/mol. The Labute approximate surface area is 118 Å². The van der Waals surface area contributed by atoms with Crippen molar-refractivity contribution in [2.75, 3.05) is 6.61 Å². The molecule has 1 aromatic rings. The van der Waals surface area contributed by atoms with Gasteiger partial charge in [0.05, 0.1) is 23.4 Å². The molecular formula is C15H21N3O2. The number of nitrogens with two attached hydrogens (primary N) is 1. The van der Waals surface area contributed by atoms with Gasteiger partial charge in [0, 0.05) is 24.3 Å². The zero-order valence-corrected chi connectivity index (χ0v) is 11.9. The van der Waals surface area contributed by atoms with Gasteiger partial charge in [-0.05, 0) is 38.8 Å². The quantitative estimate of drug-likeness (QED) is 0.842. The van der Waals surface area contributed by atoms with Crippen molar-refractivity contribution in [3.05, 3.63) is 29.1 Å². The summed E-state index contributed by atoms with van der Waals surface area (Å²) in [7, 11) is 0. The van der Waals surface area contributed by atoms with Gasteiger partial charge in [-0.3, -0.25) is 9.78 Å². The summed E-state index contributed by atoms with van der Waals surface area (Å²) < 4.78 is 5.74. The number of rotatable bonds is 2. The van der Waals surface area contributed by atoms with E-state index in [0.29, 0.717) is 11.5 Å². The van der Waals surface area contributed by atoms with E-state index in [9.17, 15) is 4.79 Å². The van der Waals surface area contributed by atoms with E-state index in [1.807, 2.05) is 26.0 Å². The highest BCUT2D eigenvalue weighted by atomic mass is 16.5. The Hall–Kier alpha value is -1.46. The van der Waals surface area contributed by atoms with Gasteiger partial charge in [0.2, 0.25) is 0 Å². The second-order valence-electron chi connectivity index (χ2n) is 5.80. The van der Waals surface area contributed by atoms with Crippen molar-refractivity contribution in [1.29, 1.82) is 0 Å². The molecule has 0 aromatic carbocycles. The Morgan fingerprint density at radius 3 is 3.00 bits per heavy atom. The van der Waals surface area contributed by atoms with E-state index >= 15 is 0 Å². The maximum atomic E-state index is 12.3. The molecule has 20 heavy (non-hydrogen) atoms. The molecule has 1 saturated heterocycles. The van der Waals surface area contributed by atoms with Crippen LogP contribution in [0.3, 0.4) is 0 Å². The second-order valence-corrected chi connectivity index (χ2v) is 5.80. The predicted molar refractivity (Wildman–Crippen MR) is 75.4 cm³/mol. The van der Waals surface area contributed by atoms with Crippen LogP contribution in [0.2, 0.25) is 0 Å². The van der Waals surface area contributed by atoms with Crippen LogP contribution < -0.4 is 11.1 Å². The van der Waals surface area contributed by atoms with Crippen LogP contribution in [0.5, 0.6) is 0 Å². The molecule has 108 valence electrons. The number of ether oxygens (including phenoxy) is 1. The third-order valence-corrected chi connectivity index (χ3v) is 4.44. The minimum absolute atomic E-state index is 0.00274. The Balaban J connectivity index is 1.70. The molecule has 0 radical (unpaired) electrons. The van der Waals surface area contributed by atoms with Gasteiger partial charge in [0.1, 0.15) is 0 Å². The summed E-state index contributed by atoms with van der Waals surface area (Å²) in [4.78, 5) is 16.7. The zero-order chi connectivity index (χ0) is 14.3. The van der Waals surface area contributed by atoms with Crippen LogP contribution in [-0.2, 0) is 4.74 Å². The molecule has 2 aliphatic rings. The van der Waals surface area contributed by atoms with Crippen LogP contribution in [0.4, 0.5) is 0 Å². The van der Waals surface area contributed by atoms with Gasteiger partial charge in [0.15, 0.2) is 0 Å². The summed E-state index contributed by atoms with van der Waals surface area (Å²) in [6.45, 7) is 4.53. The first-order valence-electron chi connectivity index (χ1n) is 7.20. The van der Waals surface area contributed by atoms with Crippen LogP contribution >= 0.6 is 0 Å². The number of pyridine rings is 1. The van der Waals surface area contributed by atoms with Crippen molar-refractivity contribution in [3.63, 3.8) is 0 Å². The Kier molecular flexibility index (Phi) is 3.48. The molecule has 3 rings (SSSR count). The number of hydrogen-bond acceptors (Lipinski definition) is 4. The lowest BCUT2D eigenvalue weighted by Crippen LogP contribution is -2.72. The Bertz CT molecular complexity index is 532. The first-order valence-corrected chi connectivity index (χ1v) is 7.20. The summed E-state index contributed by atoms with van der Waals surface area (Å²) in [6, 6.07) is 3.59. The van der Waals surface area contributed by atoms with Gasteiger partial charge in [0.25, 0.3) is 5.91 Å². The number of amides is 1. The third-order valence-electron chi connectivity index (χ3n) is 4.44. The van der Waals surface area contributed by atoms with E-state index in [0.717, 1.165) is 30.8 Å². The Morgan fingerprint density at radius 2 is 2.25 bits per heavy atom. The van der Waals surface area contributed by atoms with Gasteiger partial charge in [-0.15, -0.1) is 0 Å². The van der Waals surface area contributed by atoms with Crippen molar-refractivity contribution in [1.82, 2.24) is 10.3 Å². The molecule has 3 N–H and O–H groups in total. The summed E-state index contributed by atoms with van der Waals surface area (Å²) >= 11 is 0. The lowest BCUT2D eigenvalue weighted by molar-refractivity contribution is -0.117. The normalized spacial score (nSPS) is 32.1. The van der Waals surface area contributed by atoms with Crippen molar-refractivity contribution >= 4 is 5.91 Å². The lowest BCUT2D eigenvalue weighted by atomic mass is 9.68. The van der Waals surface area contributed by atoms with Crippen LogP contribution in [0.1, 0.15) is 34.6 Å². The lowest BCUT2D eigenvalue weighted by Gasteiger charge is -2.52. The molecule has 1 aliphatic carbocycles. The van der Waals surface area contributed by atoms with Crippen molar-refractivity contribution < 1.29 is 9.53 Å². The average molecular weight is 275 g/mol. The largest absolute Gasteiger partial charge is 0.376 e. The molecule has 2 heterocycles. The maximum Gasteiger partial charge on any atom is 0.253 e. The van der Waals surface area contributed by atoms with Crippen molar-refractivity contribution in [2.45, 2.75) is 44.9 Å².